The maximum atomic E-state index is 13.1. The fourth-order valence-electron chi connectivity index (χ4n) is 3.73. The van der Waals surface area contributed by atoms with Gasteiger partial charge >= 0.3 is 17.2 Å². The van der Waals surface area contributed by atoms with Crippen molar-refractivity contribution in [1.29, 1.82) is 0 Å². The molecule has 2 aliphatic carbocycles. The van der Waals surface area contributed by atoms with Crippen molar-refractivity contribution >= 4 is 44.6 Å². The molecule has 28 heavy (non-hydrogen) atoms. The smallest absolute Gasteiger partial charge is 0.367 e. The van der Waals surface area contributed by atoms with Gasteiger partial charge in [0.05, 0.1) is 15.1 Å². The number of carbonyl (C=O) groups is 2. The van der Waals surface area contributed by atoms with Gasteiger partial charge in [-0.1, -0.05) is 6.42 Å². The lowest BCUT2D eigenvalue weighted by Crippen LogP contribution is -2.34. The summed E-state index contributed by atoms with van der Waals surface area (Å²) >= 11 is 1.90. The molecule has 0 spiro atoms. The van der Waals surface area contributed by atoms with E-state index in [1.54, 1.807) is 0 Å². The first-order chi connectivity index (χ1) is 13.0. The molecule has 3 rings (SSSR count). The molecule has 0 heterocycles. The molecule has 0 aromatic heterocycles. The molecule has 0 saturated heterocycles. The Bertz CT molecular complexity index is 903. The lowest BCUT2D eigenvalue weighted by atomic mass is 9.89. The van der Waals surface area contributed by atoms with Gasteiger partial charge in [-0.15, -0.1) is 0 Å². The van der Waals surface area contributed by atoms with Crippen LogP contribution in [-0.2, 0) is 19.6 Å². The predicted molar refractivity (Wildman–Crippen MR) is 98.7 cm³/mol. The summed E-state index contributed by atoms with van der Waals surface area (Å²) < 4.78 is 67.8. The zero-order valence-corrected chi connectivity index (χ0v) is 17.4. The average molecular weight is 529 g/mol. The number of rotatable bonds is 6. The van der Waals surface area contributed by atoms with E-state index in [0.29, 0.717) is 15.4 Å². The van der Waals surface area contributed by atoms with Crippen LogP contribution >= 0.6 is 22.6 Å². The second kappa shape index (κ2) is 7.82. The Labute approximate surface area is 173 Å². The fraction of sp³-hybridized carbons (Fsp3) is 0.529. The van der Waals surface area contributed by atoms with Crippen LogP contribution in [-0.4, -0.2) is 36.8 Å². The molecule has 7 nitrogen and oxygen atoms in total. The largest absolute Gasteiger partial charge is 0.743 e. The van der Waals surface area contributed by atoms with Gasteiger partial charge in [-0.2, -0.15) is 8.78 Å². The van der Waals surface area contributed by atoms with E-state index in [2.05, 4.69) is 4.74 Å². The highest BCUT2D eigenvalue weighted by Crippen LogP contribution is 2.48. The third-order valence-electron chi connectivity index (χ3n) is 5.16. The van der Waals surface area contributed by atoms with Crippen molar-refractivity contribution in [2.24, 2.45) is 17.8 Å². The van der Waals surface area contributed by atoms with E-state index >= 15 is 0 Å². The number of benzene rings is 1. The second-order valence-corrected chi connectivity index (χ2v) is 9.68. The highest BCUT2D eigenvalue weighted by Gasteiger charge is 2.44. The lowest BCUT2D eigenvalue weighted by Gasteiger charge is -2.20. The number of fused-ring (bicyclic) bond motifs is 2. The zero-order chi connectivity index (χ0) is 20.7. The van der Waals surface area contributed by atoms with Gasteiger partial charge in [0.2, 0.25) is 0 Å². The van der Waals surface area contributed by atoms with Crippen LogP contribution in [0.15, 0.2) is 18.2 Å². The Morgan fingerprint density at radius 2 is 1.96 bits per heavy atom. The van der Waals surface area contributed by atoms with E-state index in [1.165, 1.54) is 18.2 Å². The minimum absolute atomic E-state index is 0.0889. The van der Waals surface area contributed by atoms with Crippen molar-refractivity contribution in [2.75, 3.05) is 6.61 Å². The number of carbonyl (C=O) groups excluding carboxylic acids is 2. The summed E-state index contributed by atoms with van der Waals surface area (Å²) in [4.78, 5) is 24.4. The highest BCUT2D eigenvalue weighted by molar-refractivity contribution is 14.1. The van der Waals surface area contributed by atoms with Crippen LogP contribution in [0.2, 0.25) is 0 Å². The molecule has 0 amide bonds. The first-order valence-corrected chi connectivity index (χ1v) is 11.0. The molecule has 0 aliphatic heterocycles. The molecule has 3 unspecified atom stereocenters. The van der Waals surface area contributed by atoms with Crippen molar-refractivity contribution in [3.8, 4) is 5.75 Å². The van der Waals surface area contributed by atoms with Gasteiger partial charge in [-0.05, 0) is 71.9 Å². The summed E-state index contributed by atoms with van der Waals surface area (Å²) in [5.41, 5.74) is -0.213. The maximum absolute atomic E-state index is 13.1. The Hall–Kier alpha value is -1.34. The third-order valence-corrected chi connectivity index (χ3v) is 6.90. The topological polar surface area (TPSA) is 110 Å². The number of hydrogen-bond donors (Lipinski definition) is 0. The molecule has 1 aromatic rings. The Kier molecular flexibility index (Phi) is 5.97. The van der Waals surface area contributed by atoms with E-state index in [-0.39, 0.29) is 23.2 Å². The van der Waals surface area contributed by atoms with E-state index in [9.17, 15) is 31.3 Å². The van der Waals surface area contributed by atoms with Crippen molar-refractivity contribution in [1.82, 2.24) is 0 Å². The summed E-state index contributed by atoms with van der Waals surface area (Å²) in [6, 6.07) is 3.85. The van der Waals surface area contributed by atoms with Crippen LogP contribution in [0.5, 0.6) is 5.75 Å². The zero-order valence-electron chi connectivity index (χ0n) is 14.4. The van der Waals surface area contributed by atoms with Gasteiger partial charge in [0.1, 0.15) is 5.75 Å². The summed E-state index contributed by atoms with van der Waals surface area (Å²) in [5, 5.41) is -4.73. The highest BCUT2D eigenvalue weighted by atomic mass is 127. The summed E-state index contributed by atoms with van der Waals surface area (Å²) in [5.74, 6) is -0.907. The number of alkyl halides is 2. The standard InChI is InChI=1S/C17H17F2IO7S/c18-17(19,28(23,24)25)8-26-15(21)11-3-4-13(20)14(7-11)27-16(22)12-6-9-1-2-10(12)5-9/h3-4,7,9-10,12H,1-2,5-6,8H2,(H,23,24,25)/p-1. The molecule has 154 valence electrons. The van der Waals surface area contributed by atoms with Crippen LogP contribution < -0.4 is 4.74 Å². The van der Waals surface area contributed by atoms with Crippen LogP contribution in [0.4, 0.5) is 8.78 Å². The maximum Gasteiger partial charge on any atom is 0.367 e. The molecule has 0 radical (unpaired) electrons. The molecule has 2 saturated carbocycles. The molecule has 1 aromatic carbocycles. The van der Waals surface area contributed by atoms with Gasteiger partial charge in [0.25, 0.3) is 0 Å². The summed E-state index contributed by atoms with van der Waals surface area (Å²) in [6.45, 7) is -1.90. The monoisotopic (exact) mass is 529 g/mol. The van der Waals surface area contributed by atoms with Crippen molar-refractivity contribution in [2.45, 2.75) is 30.9 Å². The van der Waals surface area contributed by atoms with Crippen LogP contribution in [0.3, 0.4) is 0 Å². The number of esters is 2. The van der Waals surface area contributed by atoms with Crippen LogP contribution in [0.1, 0.15) is 36.0 Å². The molecular formula is C17H16F2IO7S-. The van der Waals surface area contributed by atoms with Crippen molar-refractivity contribution in [3.05, 3.63) is 27.3 Å². The van der Waals surface area contributed by atoms with Gasteiger partial charge in [0, 0.05) is 0 Å². The predicted octanol–water partition coefficient (Wildman–Crippen LogP) is 2.93. The van der Waals surface area contributed by atoms with E-state index in [1.807, 2.05) is 22.6 Å². The number of halogens is 3. The Morgan fingerprint density at radius 1 is 1.25 bits per heavy atom. The Morgan fingerprint density at radius 3 is 2.54 bits per heavy atom. The van der Waals surface area contributed by atoms with Gasteiger partial charge in [-0.3, -0.25) is 4.79 Å². The quantitative estimate of drug-likeness (QED) is 0.241. The van der Waals surface area contributed by atoms with Gasteiger partial charge in [0.15, 0.2) is 16.7 Å². The average Bonchev–Trinajstić information content (AvgIpc) is 3.24. The minimum atomic E-state index is -5.96. The van der Waals surface area contributed by atoms with E-state index in [0.717, 1.165) is 25.7 Å². The van der Waals surface area contributed by atoms with Crippen molar-refractivity contribution < 1.29 is 40.8 Å². The SMILES string of the molecule is O=C(OCC(F)(F)S(=O)(=O)[O-])c1ccc(I)c(OC(=O)C2CC3CCC2C3)c1. The minimum Gasteiger partial charge on any atom is -0.743 e. The first-order valence-electron chi connectivity index (χ1n) is 8.49. The molecule has 2 aliphatic rings. The lowest BCUT2D eigenvalue weighted by molar-refractivity contribution is -0.140. The fourth-order valence-corrected chi connectivity index (χ4v) is 4.38. The van der Waals surface area contributed by atoms with Crippen LogP contribution in [0, 0.1) is 21.3 Å². The molecular weight excluding hydrogens is 513 g/mol. The van der Waals surface area contributed by atoms with Gasteiger partial charge < -0.3 is 14.0 Å². The molecule has 2 bridgehead atoms. The van der Waals surface area contributed by atoms with E-state index < -0.39 is 27.9 Å². The number of hydrogen-bond acceptors (Lipinski definition) is 7. The molecule has 11 heteroatoms. The van der Waals surface area contributed by atoms with E-state index in [4.69, 9.17) is 4.74 Å². The van der Waals surface area contributed by atoms with Crippen LogP contribution in [0.25, 0.3) is 0 Å². The van der Waals surface area contributed by atoms with Crippen molar-refractivity contribution in [3.63, 3.8) is 0 Å². The molecule has 2 fully saturated rings. The summed E-state index contributed by atoms with van der Waals surface area (Å²) in [7, 11) is -5.96. The van der Waals surface area contributed by atoms with Gasteiger partial charge in [-0.25, -0.2) is 13.2 Å². The molecule has 0 N–H and O–H groups in total. The second-order valence-electron chi connectivity index (χ2n) is 7.02. The third kappa shape index (κ3) is 4.46. The first kappa shape index (κ1) is 21.4. The Balaban J connectivity index is 1.67. The number of ether oxygens (including phenoxy) is 2. The normalized spacial score (nSPS) is 24.2. The summed E-state index contributed by atoms with van der Waals surface area (Å²) in [6.07, 6.45) is 3.91. The molecule has 3 atom stereocenters.